The maximum absolute atomic E-state index is 13.7. The molecule has 30 heavy (non-hydrogen) atoms. The molecule has 0 radical (unpaired) electrons. The second-order valence-corrected chi connectivity index (χ2v) is 8.71. The van der Waals surface area contributed by atoms with Crippen LogP contribution in [0.4, 0.5) is 5.69 Å². The molecule has 2 unspecified atom stereocenters. The number of rotatable bonds is 2. The maximum Gasteiger partial charge on any atom is 0.238 e. The van der Waals surface area contributed by atoms with E-state index in [1.807, 2.05) is 6.08 Å². The quantitative estimate of drug-likeness (QED) is 0.694. The van der Waals surface area contributed by atoms with E-state index >= 15 is 0 Å². The lowest BCUT2D eigenvalue weighted by atomic mass is 9.48. The number of fused-ring (bicyclic) bond motifs is 4. The number of halogens is 1. The second kappa shape index (κ2) is 6.99. The molecule has 7 nitrogen and oxygen atoms in total. The highest BCUT2D eigenvalue weighted by Crippen LogP contribution is 2.62. The Hall–Kier alpha value is -3.12. The summed E-state index contributed by atoms with van der Waals surface area (Å²) in [6.07, 6.45) is 2.83. The van der Waals surface area contributed by atoms with Crippen molar-refractivity contribution in [3.8, 4) is 18.2 Å². The van der Waals surface area contributed by atoms with Crippen molar-refractivity contribution >= 4 is 27.5 Å². The predicted octanol–water partition coefficient (Wildman–Crippen LogP) is 2.69. The second-order valence-electron chi connectivity index (χ2n) is 7.80. The molecule has 4 rings (SSSR count). The average Bonchev–Trinajstić information content (AvgIpc) is 3.03. The number of nitriles is 3. The van der Waals surface area contributed by atoms with Gasteiger partial charge >= 0.3 is 0 Å². The third kappa shape index (κ3) is 2.28. The molecular weight excluding hydrogens is 444 g/mol. The molecule has 1 spiro atoms. The van der Waals surface area contributed by atoms with Gasteiger partial charge in [-0.05, 0) is 42.3 Å². The fourth-order valence-corrected chi connectivity index (χ4v) is 5.58. The summed E-state index contributed by atoms with van der Waals surface area (Å²) in [5.41, 5.74) is 4.55. The van der Waals surface area contributed by atoms with Crippen molar-refractivity contribution in [1.29, 1.82) is 15.8 Å². The molecule has 2 atom stereocenters. The van der Waals surface area contributed by atoms with E-state index in [0.29, 0.717) is 29.9 Å². The number of carbonyl (C=O) groups excluding carboxylic acids is 1. The highest BCUT2D eigenvalue weighted by atomic mass is 79.9. The first kappa shape index (κ1) is 20.2. The van der Waals surface area contributed by atoms with E-state index < -0.39 is 22.7 Å². The van der Waals surface area contributed by atoms with Crippen molar-refractivity contribution < 1.29 is 4.79 Å². The van der Waals surface area contributed by atoms with E-state index in [9.17, 15) is 20.6 Å². The number of amides is 1. The molecule has 0 aromatic heterocycles. The van der Waals surface area contributed by atoms with Crippen LogP contribution in [0.25, 0.3) is 0 Å². The van der Waals surface area contributed by atoms with E-state index in [2.05, 4.69) is 51.3 Å². The lowest BCUT2D eigenvalue weighted by molar-refractivity contribution is -0.125. The van der Waals surface area contributed by atoms with Crippen LogP contribution in [-0.2, 0) is 10.2 Å². The van der Waals surface area contributed by atoms with Gasteiger partial charge in [0.05, 0.1) is 23.4 Å². The average molecular weight is 463 g/mol. The lowest BCUT2D eigenvalue weighted by Crippen LogP contribution is -2.62. The van der Waals surface area contributed by atoms with Crippen molar-refractivity contribution in [2.24, 2.45) is 17.1 Å². The molecule has 3 aliphatic rings. The molecule has 2 aliphatic heterocycles. The number of allylic oxidation sites excluding steroid dienone is 2. The molecule has 8 heteroatoms. The van der Waals surface area contributed by atoms with Gasteiger partial charge < -0.3 is 11.1 Å². The number of nitrogens with two attached hydrogens (primary N) is 1. The first-order valence-corrected chi connectivity index (χ1v) is 10.5. The topological polar surface area (TPSA) is 130 Å². The van der Waals surface area contributed by atoms with E-state index in [1.165, 1.54) is 0 Å². The molecule has 0 fully saturated rings. The van der Waals surface area contributed by atoms with E-state index in [0.717, 1.165) is 17.4 Å². The van der Waals surface area contributed by atoms with Crippen molar-refractivity contribution in [2.75, 3.05) is 25.0 Å². The van der Waals surface area contributed by atoms with Gasteiger partial charge in [-0.3, -0.25) is 9.69 Å². The van der Waals surface area contributed by atoms with Crippen molar-refractivity contribution in [1.82, 2.24) is 4.90 Å². The molecule has 150 valence electrons. The third-order valence-electron chi connectivity index (χ3n) is 6.46. The number of hydrogen-bond donors (Lipinski definition) is 2. The molecule has 1 amide bonds. The number of benzene rings is 1. The summed E-state index contributed by atoms with van der Waals surface area (Å²) in [4.78, 5) is 15.9. The van der Waals surface area contributed by atoms with Crippen LogP contribution in [0.3, 0.4) is 0 Å². The van der Waals surface area contributed by atoms with Crippen LogP contribution >= 0.6 is 15.9 Å². The molecule has 0 saturated heterocycles. The predicted molar refractivity (Wildman–Crippen MR) is 113 cm³/mol. The van der Waals surface area contributed by atoms with Gasteiger partial charge in [-0.2, -0.15) is 15.8 Å². The summed E-state index contributed by atoms with van der Waals surface area (Å²) >= 11 is 3.46. The lowest BCUT2D eigenvalue weighted by Gasteiger charge is -2.51. The first-order valence-electron chi connectivity index (χ1n) is 9.68. The molecule has 0 bridgehead atoms. The fourth-order valence-electron chi connectivity index (χ4n) is 5.22. The maximum atomic E-state index is 13.7. The molecule has 2 heterocycles. The van der Waals surface area contributed by atoms with Crippen LogP contribution in [0, 0.1) is 45.3 Å². The van der Waals surface area contributed by atoms with Crippen molar-refractivity contribution in [3.05, 3.63) is 51.2 Å². The molecule has 1 aliphatic carbocycles. The van der Waals surface area contributed by atoms with E-state index in [4.69, 9.17) is 5.73 Å². The number of nitrogens with one attached hydrogen (secondary N) is 1. The molecular formula is C22H19BrN6O. The Morgan fingerprint density at radius 1 is 1.33 bits per heavy atom. The fraction of sp³-hybridized carbons (Fsp3) is 0.364. The highest BCUT2D eigenvalue weighted by Gasteiger charge is 2.71. The Balaban J connectivity index is 2.14. The SMILES string of the molecule is CCCN1CC=C2C(C#N)=C(N)C(C#N)(C#N)C3(C(=O)Nc4ccc(Br)cc43)C2C1. The van der Waals surface area contributed by atoms with Crippen LogP contribution in [0.1, 0.15) is 18.9 Å². The minimum atomic E-state index is -2.01. The van der Waals surface area contributed by atoms with Gasteiger partial charge in [0.25, 0.3) is 0 Å². The van der Waals surface area contributed by atoms with Gasteiger partial charge in [0, 0.05) is 29.2 Å². The van der Waals surface area contributed by atoms with Gasteiger partial charge in [-0.15, -0.1) is 0 Å². The van der Waals surface area contributed by atoms with Crippen LogP contribution in [0.2, 0.25) is 0 Å². The minimum absolute atomic E-state index is 0.140. The first-order chi connectivity index (χ1) is 14.4. The number of anilines is 1. The Morgan fingerprint density at radius 2 is 2.07 bits per heavy atom. The van der Waals surface area contributed by atoms with Gasteiger partial charge in [-0.25, -0.2) is 0 Å². The number of hydrogen-bond acceptors (Lipinski definition) is 6. The van der Waals surface area contributed by atoms with Crippen LogP contribution in [0.15, 0.2) is 45.6 Å². The molecule has 1 aromatic carbocycles. The van der Waals surface area contributed by atoms with Crippen molar-refractivity contribution in [2.45, 2.75) is 18.8 Å². The Kier molecular flexibility index (Phi) is 4.70. The Bertz CT molecular complexity index is 1130. The van der Waals surface area contributed by atoms with Crippen LogP contribution in [-0.4, -0.2) is 30.4 Å². The highest BCUT2D eigenvalue weighted by molar-refractivity contribution is 9.10. The summed E-state index contributed by atoms with van der Waals surface area (Å²) in [6.45, 7) is 3.93. The zero-order valence-corrected chi connectivity index (χ0v) is 18.0. The standard InChI is InChI=1S/C22H19BrN6O/c1-2-6-29-7-5-14-15(9-24)19(27)21(11-25,12-26)22(17(14)10-29)16-8-13(23)3-4-18(16)28-20(22)30/h3-5,8,17H,2,6-7,10,27H2,1H3,(H,28,30). The van der Waals surface area contributed by atoms with Gasteiger partial charge in [-0.1, -0.05) is 28.9 Å². The number of nitrogens with zero attached hydrogens (tertiary/aromatic N) is 4. The van der Waals surface area contributed by atoms with Crippen molar-refractivity contribution in [3.63, 3.8) is 0 Å². The zero-order chi connectivity index (χ0) is 21.7. The van der Waals surface area contributed by atoms with Gasteiger partial charge in [0.15, 0.2) is 0 Å². The molecule has 0 saturated carbocycles. The summed E-state index contributed by atoms with van der Waals surface area (Å²) in [5.74, 6) is -0.998. The smallest absolute Gasteiger partial charge is 0.238 e. The zero-order valence-electron chi connectivity index (χ0n) is 16.4. The van der Waals surface area contributed by atoms with Crippen LogP contribution in [0.5, 0.6) is 0 Å². The number of carbonyl (C=O) groups is 1. The molecule has 3 N–H and O–H groups in total. The van der Waals surface area contributed by atoms with E-state index in [1.54, 1.807) is 18.2 Å². The van der Waals surface area contributed by atoms with Crippen LogP contribution < -0.4 is 11.1 Å². The van der Waals surface area contributed by atoms with Gasteiger partial charge in [0.2, 0.25) is 11.3 Å². The molecule has 1 aromatic rings. The largest absolute Gasteiger partial charge is 0.399 e. The third-order valence-corrected chi connectivity index (χ3v) is 6.95. The Labute approximate surface area is 183 Å². The van der Waals surface area contributed by atoms with E-state index in [-0.39, 0.29) is 11.3 Å². The minimum Gasteiger partial charge on any atom is -0.399 e. The normalized spacial score (nSPS) is 26.7. The monoisotopic (exact) mass is 462 g/mol. The summed E-state index contributed by atoms with van der Waals surface area (Å²) in [5, 5.41) is 33.3. The summed E-state index contributed by atoms with van der Waals surface area (Å²) < 4.78 is 0.724. The Morgan fingerprint density at radius 3 is 2.70 bits per heavy atom. The van der Waals surface area contributed by atoms with Gasteiger partial charge in [0.1, 0.15) is 11.5 Å². The summed E-state index contributed by atoms with van der Waals surface area (Å²) in [7, 11) is 0. The summed E-state index contributed by atoms with van der Waals surface area (Å²) in [6, 6.07) is 11.6.